The summed E-state index contributed by atoms with van der Waals surface area (Å²) in [6, 6.07) is 4.89. The highest BCUT2D eigenvalue weighted by Crippen LogP contribution is 2.35. The van der Waals surface area contributed by atoms with Crippen LogP contribution in [0.25, 0.3) is 5.65 Å². The Morgan fingerprint density at radius 2 is 2.00 bits per heavy atom. The number of aryl methyl sites for hydroxylation is 1. The number of amides is 1. The Morgan fingerprint density at radius 3 is 2.78 bits per heavy atom. The minimum atomic E-state index is -1.19. The Hall–Kier alpha value is -2.96. The van der Waals surface area contributed by atoms with Crippen molar-refractivity contribution < 1.29 is 18.0 Å². The fourth-order valence-corrected chi connectivity index (χ4v) is 3.66. The van der Waals surface area contributed by atoms with Gasteiger partial charge < -0.3 is 4.40 Å². The minimum Gasteiger partial charge on any atom is -0.304 e. The largest absolute Gasteiger partial charge is 0.304 e. The third-order valence-electron chi connectivity index (χ3n) is 4.95. The van der Waals surface area contributed by atoms with Crippen molar-refractivity contribution in [3.63, 3.8) is 0 Å². The number of hydrogen-bond acceptors (Lipinski definition) is 2. The molecule has 1 unspecified atom stereocenters. The summed E-state index contributed by atoms with van der Waals surface area (Å²) < 4.78 is 42.8. The maximum absolute atomic E-state index is 14.1. The summed E-state index contributed by atoms with van der Waals surface area (Å²) in [6.07, 6.45) is 4.86. The van der Waals surface area contributed by atoms with E-state index in [2.05, 4.69) is 9.98 Å². The van der Waals surface area contributed by atoms with Crippen molar-refractivity contribution in [3.05, 3.63) is 70.4 Å². The van der Waals surface area contributed by atoms with Crippen molar-refractivity contribution in [2.75, 3.05) is 0 Å². The summed E-state index contributed by atoms with van der Waals surface area (Å²) in [7, 11) is 0. The van der Waals surface area contributed by atoms with E-state index in [4.69, 9.17) is 0 Å². The molecule has 1 aliphatic rings. The molecule has 2 aromatic heterocycles. The molecule has 1 amide bonds. The number of fused-ring (bicyclic) bond motifs is 3. The number of aromatic nitrogens is 2. The van der Waals surface area contributed by atoms with Gasteiger partial charge in [-0.25, -0.2) is 23.1 Å². The summed E-state index contributed by atoms with van der Waals surface area (Å²) in [5.74, 6) is -3.60. The Labute approximate surface area is 153 Å². The van der Waals surface area contributed by atoms with E-state index in [9.17, 15) is 18.0 Å². The number of nitrogens with zero attached hydrogens (tertiary/aromatic N) is 3. The average Bonchev–Trinajstić information content (AvgIpc) is 3.01. The van der Waals surface area contributed by atoms with E-state index in [1.165, 1.54) is 6.21 Å². The number of carbonyl (C=O) groups excluding carboxylic acids is 1. The standard InChI is InChI=1S/C20H16F3N3O/c1-2-24-20(27)12-5-6-26-18-4-3-11(7-17(18)25-19(26)8-12)13-9-15(22)16(23)10-14(13)21/h2,5-6,8-11H,3-4,7H2,1H3. The van der Waals surface area contributed by atoms with Crippen LogP contribution in [-0.4, -0.2) is 21.5 Å². The molecule has 7 heteroatoms. The molecule has 0 spiro atoms. The van der Waals surface area contributed by atoms with Gasteiger partial charge in [-0.1, -0.05) is 0 Å². The van der Waals surface area contributed by atoms with Gasteiger partial charge in [-0.15, -0.1) is 0 Å². The van der Waals surface area contributed by atoms with Crippen LogP contribution in [0.2, 0.25) is 0 Å². The van der Waals surface area contributed by atoms with Crippen molar-refractivity contribution in [2.24, 2.45) is 4.99 Å². The van der Waals surface area contributed by atoms with Crippen molar-refractivity contribution in [1.29, 1.82) is 0 Å². The lowest BCUT2D eigenvalue weighted by molar-refractivity contribution is 0.100. The van der Waals surface area contributed by atoms with Crippen LogP contribution in [0.1, 0.15) is 46.6 Å². The maximum Gasteiger partial charge on any atom is 0.276 e. The smallest absolute Gasteiger partial charge is 0.276 e. The van der Waals surface area contributed by atoms with Crippen LogP contribution in [0.15, 0.2) is 35.5 Å². The number of rotatable bonds is 2. The summed E-state index contributed by atoms with van der Waals surface area (Å²) in [5.41, 5.74) is 2.99. The molecule has 4 nitrogen and oxygen atoms in total. The van der Waals surface area contributed by atoms with Crippen LogP contribution in [0.4, 0.5) is 13.2 Å². The van der Waals surface area contributed by atoms with E-state index in [-0.39, 0.29) is 17.4 Å². The topological polar surface area (TPSA) is 46.7 Å². The van der Waals surface area contributed by atoms with Crippen LogP contribution >= 0.6 is 0 Å². The minimum absolute atomic E-state index is 0.171. The first kappa shape index (κ1) is 17.5. The highest BCUT2D eigenvalue weighted by molar-refractivity contribution is 5.99. The first-order valence-electron chi connectivity index (χ1n) is 8.65. The lowest BCUT2D eigenvalue weighted by Gasteiger charge is -2.22. The highest BCUT2D eigenvalue weighted by atomic mass is 19.2. The molecule has 0 bridgehead atoms. The molecule has 0 radical (unpaired) electrons. The molecular weight excluding hydrogens is 355 g/mol. The predicted octanol–water partition coefficient (Wildman–Crippen LogP) is 4.26. The predicted molar refractivity (Wildman–Crippen MR) is 94.8 cm³/mol. The molecule has 2 heterocycles. The molecule has 1 aliphatic carbocycles. The van der Waals surface area contributed by atoms with Gasteiger partial charge in [0.05, 0.1) is 5.69 Å². The first-order chi connectivity index (χ1) is 13.0. The molecule has 1 atom stereocenters. The van der Waals surface area contributed by atoms with Crippen LogP contribution in [-0.2, 0) is 12.8 Å². The first-order valence-corrected chi connectivity index (χ1v) is 8.65. The Balaban J connectivity index is 1.70. The second kappa shape index (κ2) is 6.64. The number of halogens is 3. The average molecular weight is 371 g/mol. The SMILES string of the molecule is CC=NC(=O)c1ccn2c3c(nc2c1)CC(c1cc(F)c(F)cc1F)CC3. The van der Waals surface area contributed by atoms with E-state index < -0.39 is 17.5 Å². The summed E-state index contributed by atoms with van der Waals surface area (Å²) in [5, 5.41) is 0. The molecule has 0 saturated heterocycles. The van der Waals surface area contributed by atoms with Gasteiger partial charge in [0, 0.05) is 29.7 Å². The number of imidazole rings is 1. The van der Waals surface area contributed by atoms with Gasteiger partial charge in [-0.05, 0) is 55.9 Å². The zero-order valence-electron chi connectivity index (χ0n) is 14.5. The molecule has 1 aromatic carbocycles. The fourth-order valence-electron chi connectivity index (χ4n) is 3.66. The van der Waals surface area contributed by atoms with Crippen LogP contribution in [0.5, 0.6) is 0 Å². The van der Waals surface area contributed by atoms with E-state index in [1.54, 1.807) is 25.3 Å². The lowest BCUT2D eigenvalue weighted by Crippen LogP contribution is -2.15. The molecule has 138 valence electrons. The summed E-state index contributed by atoms with van der Waals surface area (Å²) in [6.45, 7) is 1.67. The molecule has 3 aromatic rings. The molecule has 0 saturated carbocycles. The quantitative estimate of drug-likeness (QED) is 0.499. The third-order valence-corrected chi connectivity index (χ3v) is 4.95. The molecule has 0 fully saturated rings. The Morgan fingerprint density at radius 1 is 1.22 bits per heavy atom. The van der Waals surface area contributed by atoms with Crippen molar-refractivity contribution >= 4 is 17.8 Å². The van der Waals surface area contributed by atoms with Gasteiger partial charge in [-0.3, -0.25) is 4.79 Å². The van der Waals surface area contributed by atoms with Gasteiger partial charge in [0.2, 0.25) is 0 Å². The third kappa shape index (κ3) is 3.03. The summed E-state index contributed by atoms with van der Waals surface area (Å²) >= 11 is 0. The molecule has 0 aliphatic heterocycles. The van der Waals surface area contributed by atoms with Gasteiger partial charge in [0.1, 0.15) is 11.5 Å². The van der Waals surface area contributed by atoms with Gasteiger partial charge in [0.15, 0.2) is 11.6 Å². The van der Waals surface area contributed by atoms with Gasteiger partial charge in [0.25, 0.3) is 5.91 Å². The maximum atomic E-state index is 14.1. The van der Waals surface area contributed by atoms with Crippen molar-refractivity contribution in [1.82, 2.24) is 9.38 Å². The second-order valence-corrected chi connectivity index (χ2v) is 6.57. The number of pyridine rings is 1. The molecule has 4 rings (SSSR count). The van der Waals surface area contributed by atoms with Crippen LogP contribution < -0.4 is 0 Å². The molecular formula is C20H16F3N3O. The second-order valence-electron chi connectivity index (χ2n) is 6.57. The normalized spacial score (nSPS) is 16.8. The number of hydrogen-bond donors (Lipinski definition) is 0. The van der Waals surface area contributed by atoms with Crippen LogP contribution in [0, 0.1) is 17.5 Å². The number of benzene rings is 1. The van der Waals surface area contributed by atoms with Gasteiger partial charge >= 0.3 is 0 Å². The zero-order chi connectivity index (χ0) is 19.1. The van der Waals surface area contributed by atoms with E-state index in [0.29, 0.717) is 36.5 Å². The van der Waals surface area contributed by atoms with E-state index in [0.717, 1.165) is 17.5 Å². The number of carbonyl (C=O) groups is 1. The highest BCUT2D eigenvalue weighted by Gasteiger charge is 2.27. The summed E-state index contributed by atoms with van der Waals surface area (Å²) in [4.78, 5) is 20.2. The van der Waals surface area contributed by atoms with Crippen LogP contribution in [0.3, 0.4) is 0 Å². The number of aliphatic imine (C=N–C) groups is 1. The lowest BCUT2D eigenvalue weighted by atomic mass is 9.84. The van der Waals surface area contributed by atoms with Gasteiger partial charge in [-0.2, -0.15) is 0 Å². The van der Waals surface area contributed by atoms with E-state index >= 15 is 0 Å². The van der Waals surface area contributed by atoms with Crippen molar-refractivity contribution in [3.8, 4) is 0 Å². The molecule has 27 heavy (non-hydrogen) atoms. The monoisotopic (exact) mass is 371 g/mol. The Bertz CT molecular complexity index is 1090. The molecule has 0 N–H and O–H groups in total. The Kier molecular flexibility index (Phi) is 4.30. The zero-order valence-corrected chi connectivity index (χ0v) is 14.5. The van der Waals surface area contributed by atoms with E-state index in [1.807, 2.05) is 4.40 Å². The van der Waals surface area contributed by atoms with Crippen molar-refractivity contribution in [2.45, 2.75) is 32.1 Å². The fraction of sp³-hybridized carbons (Fsp3) is 0.250.